The molecule has 9 heteroatoms. The van der Waals surface area contributed by atoms with E-state index in [0.29, 0.717) is 35.4 Å². The van der Waals surface area contributed by atoms with Crippen molar-refractivity contribution in [2.75, 3.05) is 5.32 Å². The molecule has 0 bridgehead atoms. The fourth-order valence-electron chi connectivity index (χ4n) is 3.42. The lowest BCUT2D eigenvalue weighted by Gasteiger charge is -2.08. The second kappa shape index (κ2) is 10.7. The molecule has 0 fully saturated rings. The molecular formula is C26H27N3O5S. The first-order chi connectivity index (χ1) is 16.8. The van der Waals surface area contributed by atoms with Crippen LogP contribution in [0.1, 0.15) is 43.4 Å². The molecular weight excluding hydrogens is 466 g/mol. The zero-order valence-corrected chi connectivity index (χ0v) is 20.3. The number of carbonyl (C=O) groups is 1. The van der Waals surface area contributed by atoms with Crippen molar-refractivity contribution in [3.8, 4) is 11.3 Å². The van der Waals surface area contributed by atoms with Crippen molar-refractivity contribution < 1.29 is 22.0 Å². The minimum atomic E-state index is -3.70. The normalized spacial score (nSPS) is 11.6. The summed E-state index contributed by atoms with van der Waals surface area (Å²) in [5.74, 6) is 1.88. The van der Waals surface area contributed by atoms with Crippen molar-refractivity contribution in [3.05, 3.63) is 90.3 Å². The van der Waals surface area contributed by atoms with E-state index in [9.17, 15) is 13.2 Å². The summed E-state index contributed by atoms with van der Waals surface area (Å²) in [5, 5.41) is 2.76. The maximum Gasteiger partial charge on any atom is 0.240 e. The van der Waals surface area contributed by atoms with Gasteiger partial charge in [0.05, 0.1) is 23.9 Å². The molecule has 35 heavy (non-hydrogen) atoms. The summed E-state index contributed by atoms with van der Waals surface area (Å²) in [4.78, 5) is 16.7. The SMILES string of the molecule is CC(C)c1ccc(-c2cnc(CCC(=O)Nc3ccc(S(=O)(=O)NCc4ccco4)cc3)o2)cc1. The topological polar surface area (TPSA) is 114 Å². The molecule has 0 saturated heterocycles. The molecule has 0 saturated carbocycles. The Morgan fingerprint density at radius 2 is 1.77 bits per heavy atom. The molecule has 4 aromatic rings. The third-order valence-electron chi connectivity index (χ3n) is 5.45. The molecule has 0 spiro atoms. The number of amides is 1. The zero-order valence-electron chi connectivity index (χ0n) is 19.5. The molecule has 2 aromatic heterocycles. The number of nitrogens with zero attached hydrogens (tertiary/aromatic N) is 1. The van der Waals surface area contributed by atoms with Crippen molar-refractivity contribution in [3.63, 3.8) is 0 Å². The Kier molecular flexibility index (Phi) is 7.48. The lowest BCUT2D eigenvalue weighted by atomic mass is 10.0. The summed E-state index contributed by atoms with van der Waals surface area (Å²) in [5.41, 5.74) is 2.69. The second-order valence-corrected chi connectivity index (χ2v) is 10.1. The fourth-order valence-corrected chi connectivity index (χ4v) is 4.41. The maximum absolute atomic E-state index is 12.4. The van der Waals surface area contributed by atoms with E-state index >= 15 is 0 Å². The lowest BCUT2D eigenvalue weighted by molar-refractivity contribution is -0.116. The number of rotatable bonds is 10. The number of anilines is 1. The van der Waals surface area contributed by atoms with E-state index in [1.165, 1.54) is 24.0 Å². The van der Waals surface area contributed by atoms with Crippen LogP contribution in [0.15, 0.2) is 86.9 Å². The van der Waals surface area contributed by atoms with Gasteiger partial charge in [0, 0.05) is 24.1 Å². The summed E-state index contributed by atoms with van der Waals surface area (Å²) in [6.45, 7) is 4.34. The van der Waals surface area contributed by atoms with E-state index in [-0.39, 0.29) is 23.8 Å². The van der Waals surface area contributed by atoms with Gasteiger partial charge in [-0.1, -0.05) is 38.1 Å². The Labute approximate surface area is 204 Å². The number of benzene rings is 2. The predicted octanol–water partition coefficient (Wildman–Crippen LogP) is 5.11. The van der Waals surface area contributed by atoms with Gasteiger partial charge in [0.15, 0.2) is 11.7 Å². The maximum atomic E-state index is 12.4. The van der Waals surface area contributed by atoms with E-state index in [0.717, 1.165) is 5.56 Å². The Morgan fingerprint density at radius 3 is 2.43 bits per heavy atom. The molecule has 2 aromatic carbocycles. The molecule has 1 amide bonds. The van der Waals surface area contributed by atoms with Gasteiger partial charge in [-0.2, -0.15) is 0 Å². The number of nitrogens with one attached hydrogen (secondary N) is 2. The van der Waals surface area contributed by atoms with Crippen LogP contribution in [0.25, 0.3) is 11.3 Å². The van der Waals surface area contributed by atoms with Gasteiger partial charge >= 0.3 is 0 Å². The number of sulfonamides is 1. The van der Waals surface area contributed by atoms with Crippen LogP contribution in [0.2, 0.25) is 0 Å². The smallest absolute Gasteiger partial charge is 0.240 e. The average molecular weight is 494 g/mol. The van der Waals surface area contributed by atoms with Gasteiger partial charge in [-0.15, -0.1) is 0 Å². The molecule has 0 unspecified atom stereocenters. The Morgan fingerprint density at radius 1 is 1.03 bits per heavy atom. The monoisotopic (exact) mass is 493 g/mol. The predicted molar refractivity (Wildman–Crippen MR) is 132 cm³/mol. The standard InChI is InChI=1S/C26H27N3O5S/c1-18(2)19-5-7-20(8-6-19)24-17-27-26(34-24)14-13-25(30)29-21-9-11-23(12-10-21)35(31,32)28-16-22-4-3-15-33-22/h3-12,15,17-18,28H,13-14,16H2,1-2H3,(H,29,30). The van der Waals surface area contributed by atoms with Gasteiger partial charge in [0.1, 0.15) is 5.76 Å². The highest BCUT2D eigenvalue weighted by atomic mass is 32.2. The summed E-state index contributed by atoms with van der Waals surface area (Å²) in [7, 11) is -3.70. The lowest BCUT2D eigenvalue weighted by Crippen LogP contribution is -2.23. The quantitative estimate of drug-likeness (QED) is 0.317. The minimum Gasteiger partial charge on any atom is -0.468 e. The van der Waals surface area contributed by atoms with Gasteiger partial charge < -0.3 is 14.2 Å². The number of hydrogen-bond acceptors (Lipinski definition) is 6. The van der Waals surface area contributed by atoms with Gasteiger partial charge in [-0.25, -0.2) is 18.1 Å². The Balaban J connectivity index is 1.28. The van der Waals surface area contributed by atoms with Gasteiger partial charge in [0.2, 0.25) is 15.9 Å². The molecule has 2 N–H and O–H groups in total. The minimum absolute atomic E-state index is 0.0552. The Bertz CT molecular complexity index is 1360. The number of furan rings is 1. The molecule has 2 heterocycles. The first kappa shape index (κ1) is 24.4. The van der Waals surface area contributed by atoms with E-state index in [2.05, 4.69) is 41.0 Å². The van der Waals surface area contributed by atoms with E-state index in [1.54, 1.807) is 30.5 Å². The summed E-state index contributed by atoms with van der Waals surface area (Å²) in [6.07, 6.45) is 3.67. The van der Waals surface area contributed by atoms with Crippen LogP contribution in [-0.2, 0) is 27.8 Å². The van der Waals surface area contributed by atoms with Gasteiger partial charge in [-0.05, 0) is 47.9 Å². The van der Waals surface area contributed by atoms with E-state index in [4.69, 9.17) is 8.83 Å². The van der Waals surface area contributed by atoms with Crippen LogP contribution < -0.4 is 10.0 Å². The molecule has 4 rings (SSSR count). The zero-order chi connectivity index (χ0) is 24.8. The van der Waals surface area contributed by atoms with Crippen LogP contribution in [-0.4, -0.2) is 19.3 Å². The number of carbonyl (C=O) groups excluding carboxylic acids is 1. The van der Waals surface area contributed by atoms with Crippen molar-refractivity contribution in [2.24, 2.45) is 0 Å². The number of oxazole rings is 1. The van der Waals surface area contributed by atoms with Crippen LogP contribution in [0.4, 0.5) is 5.69 Å². The van der Waals surface area contributed by atoms with Crippen molar-refractivity contribution in [1.82, 2.24) is 9.71 Å². The highest BCUT2D eigenvalue weighted by molar-refractivity contribution is 7.89. The first-order valence-corrected chi connectivity index (χ1v) is 12.8. The fraction of sp³-hybridized carbons (Fsp3) is 0.231. The molecule has 8 nitrogen and oxygen atoms in total. The van der Waals surface area contributed by atoms with E-state index in [1.807, 2.05) is 12.1 Å². The van der Waals surface area contributed by atoms with Crippen molar-refractivity contribution >= 4 is 21.6 Å². The third kappa shape index (κ3) is 6.46. The average Bonchev–Trinajstić information content (AvgIpc) is 3.54. The largest absolute Gasteiger partial charge is 0.468 e. The third-order valence-corrected chi connectivity index (χ3v) is 6.86. The van der Waals surface area contributed by atoms with Gasteiger partial charge in [0.25, 0.3) is 0 Å². The second-order valence-electron chi connectivity index (χ2n) is 8.37. The molecule has 0 radical (unpaired) electrons. The van der Waals surface area contributed by atoms with Gasteiger partial charge in [-0.3, -0.25) is 4.79 Å². The van der Waals surface area contributed by atoms with Crippen LogP contribution >= 0.6 is 0 Å². The summed E-state index contributed by atoms with van der Waals surface area (Å²) in [6, 6.07) is 17.5. The molecule has 182 valence electrons. The van der Waals surface area contributed by atoms with Crippen LogP contribution in [0.3, 0.4) is 0 Å². The van der Waals surface area contributed by atoms with Crippen LogP contribution in [0.5, 0.6) is 0 Å². The van der Waals surface area contributed by atoms with E-state index < -0.39 is 10.0 Å². The summed E-state index contributed by atoms with van der Waals surface area (Å²) >= 11 is 0. The molecule has 0 aliphatic carbocycles. The highest BCUT2D eigenvalue weighted by Crippen LogP contribution is 2.24. The van der Waals surface area contributed by atoms with Crippen molar-refractivity contribution in [1.29, 1.82) is 0 Å². The molecule has 0 atom stereocenters. The number of hydrogen-bond donors (Lipinski definition) is 2. The number of aryl methyl sites for hydroxylation is 1. The Hall–Kier alpha value is -3.69. The number of aromatic nitrogens is 1. The first-order valence-electron chi connectivity index (χ1n) is 11.3. The van der Waals surface area contributed by atoms with Crippen LogP contribution in [0, 0.1) is 0 Å². The molecule has 0 aliphatic rings. The van der Waals surface area contributed by atoms with Crippen molar-refractivity contribution in [2.45, 2.75) is 44.0 Å². The molecule has 0 aliphatic heterocycles. The summed E-state index contributed by atoms with van der Waals surface area (Å²) < 4.78 is 38.2. The highest BCUT2D eigenvalue weighted by Gasteiger charge is 2.15.